The number of carbonyl (C=O) groups excluding carboxylic acids is 1. The standard InChI is InChI=1S/C10H15N7O/c1-12-15-8-2-3-13-10(14-8)17-6-4-16(5-7-17)9(11)18/h2-3H,1,4-7H2,(H2,11,18)(H,13,14,15). The molecule has 1 aliphatic heterocycles. The van der Waals surface area contributed by atoms with Gasteiger partial charge in [-0.1, -0.05) is 0 Å². The van der Waals surface area contributed by atoms with Gasteiger partial charge in [-0.15, -0.1) is 0 Å². The fourth-order valence-corrected chi connectivity index (χ4v) is 1.77. The van der Waals surface area contributed by atoms with Gasteiger partial charge in [-0.25, -0.2) is 9.78 Å². The third kappa shape index (κ3) is 2.65. The highest BCUT2D eigenvalue weighted by Crippen LogP contribution is 2.13. The minimum atomic E-state index is -0.387. The van der Waals surface area contributed by atoms with Crippen molar-refractivity contribution in [2.24, 2.45) is 10.8 Å². The second kappa shape index (κ2) is 5.30. The molecule has 1 fully saturated rings. The van der Waals surface area contributed by atoms with E-state index in [4.69, 9.17) is 5.73 Å². The number of amides is 2. The van der Waals surface area contributed by atoms with E-state index in [2.05, 4.69) is 27.2 Å². The van der Waals surface area contributed by atoms with Crippen molar-refractivity contribution in [1.82, 2.24) is 14.9 Å². The molecule has 2 rings (SSSR count). The normalized spacial score (nSPS) is 15.3. The van der Waals surface area contributed by atoms with Gasteiger partial charge in [0.25, 0.3) is 0 Å². The Hall–Kier alpha value is -2.38. The van der Waals surface area contributed by atoms with E-state index >= 15 is 0 Å². The van der Waals surface area contributed by atoms with Gasteiger partial charge in [0.05, 0.1) is 0 Å². The molecule has 3 N–H and O–H groups in total. The maximum atomic E-state index is 11.0. The molecule has 0 saturated carbocycles. The molecule has 0 unspecified atom stereocenters. The SMILES string of the molecule is C=NNc1ccnc(N2CCN(C(N)=O)CC2)n1. The molecular weight excluding hydrogens is 234 g/mol. The van der Waals surface area contributed by atoms with Crippen molar-refractivity contribution in [3.8, 4) is 0 Å². The first-order valence-corrected chi connectivity index (χ1v) is 5.55. The summed E-state index contributed by atoms with van der Waals surface area (Å²) in [6, 6.07) is 1.32. The van der Waals surface area contributed by atoms with Crippen LogP contribution in [0.25, 0.3) is 0 Å². The van der Waals surface area contributed by atoms with Crippen molar-refractivity contribution in [3.05, 3.63) is 12.3 Å². The number of primary amides is 1. The van der Waals surface area contributed by atoms with Crippen LogP contribution >= 0.6 is 0 Å². The fourth-order valence-electron chi connectivity index (χ4n) is 1.77. The molecular formula is C10H15N7O. The summed E-state index contributed by atoms with van der Waals surface area (Å²) in [5.41, 5.74) is 7.89. The van der Waals surface area contributed by atoms with E-state index in [1.54, 1.807) is 17.2 Å². The lowest BCUT2D eigenvalue weighted by molar-refractivity contribution is 0.204. The van der Waals surface area contributed by atoms with Gasteiger partial charge in [-0.3, -0.25) is 5.43 Å². The first-order chi connectivity index (χ1) is 8.70. The van der Waals surface area contributed by atoms with Gasteiger partial charge in [0, 0.05) is 45.2 Å². The predicted octanol–water partition coefficient (Wildman–Crippen LogP) is -0.295. The molecule has 0 aromatic carbocycles. The second-order valence-electron chi connectivity index (χ2n) is 3.82. The van der Waals surface area contributed by atoms with Crippen LogP contribution in [0, 0.1) is 0 Å². The molecule has 0 bridgehead atoms. The number of urea groups is 1. The van der Waals surface area contributed by atoms with Crippen molar-refractivity contribution in [2.75, 3.05) is 36.5 Å². The van der Waals surface area contributed by atoms with Crippen molar-refractivity contribution in [2.45, 2.75) is 0 Å². The van der Waals surface area contributed by atoms with E-state index in [0.717, 1.165) is 0 Å². The summed E-state index contributed by atoms with van der Waals surface area (Å²) in [5, 5.41) is 3.55. The number of hydrazone groups is 1. The van der Waals surface area contributed by atoms with Gasteiger partial charge in [-0.2, -0.15) is 10.1 Å². The number of hydrogen-bond acceptors (Lipinski definition) is 6. The Balaban J connectivity index is 2.02. The zero-order valence-electron chi connectivity index (χ0n) is 9.91. The molecule has 1 aromatic heterocycles. The van der Waals surface area contributed by atoms with E-state index in [1.165, 1.54) is 0 Å². The highest BCUT2D eigenvalue weighted by molar-refractivity contribution is 5.72. The molecule has 2 amide bonds. The summed E-state index contributed by atoms with van der Waals surface area (Å²) in [6.07, 6.45) is 1.65. The van der Waals surface area contributed by atoms with Crippen LogP contribution in [0.15, 0.2) is 17.4 Å². The van der Waals surface area contributed by atoms with E-state index in [9.17, 15) is 4.79 Å². The molecule has 0 radical (unpaired) electrons. The highest BCUT2D eigenvalue weighted by Gasteiger charge is 2.20. The lowest BCUT2D eigenvalue weighted by Crippen LogP contribution is -2.50. The Morgan fingerprint density at radius 1 is 1.44 bits per heavy atom. The Bertz CT molecular complexity index is 442. The minimum Gasteiger partial charge on any atom is -0.351 e. The summed E-state index contributed by atoms with van der Waals surface area (Å²) in [7, 11) is 0. The van der Waals surface area contributed by atoms with Crippen molar-refractivity contribution < 1.29 is 4.79 Å². The number of nitrogens with two attached hydrogens (primary N) is 1. The lowest BCUT2D eigenvalue weighted by Gasteiger charge is -2.33. The second-order valence-corrected chi connectivity index (χ2v) is 3.82. The van der Waals surface area contributed by atoms with Crippen LogP contribution < -0.4 is 16.1 Å². The van der Waals surface area contributed by atoms with Crippen LogP contribution in [-0.4, -0.2) is 53.8 Å². The monoisotopic (exact) mass is 249 g/mol. The number of anilines is 2. The molecule has 2 heterocycles. The first kappa shape index (κ1) is 12.1. The number of nitrogens with zero attached hydrogens (tertiary/aromatic N) is 5. The molecule has 0 spiro atoms. The lowest BCUT2D eigenvalue weighted by atomic mass is 10.3. The van der Waals surface area contributed by atoms with Crippen LogP contribution in [0.4, 0.5) is 16.6 Å². The van der Waals surface area contributed by atoms with Gasteiger partial charge >= 0.3 is 6.03 Å². The molecule has 96 valence electrons. The zero-order chi connectivity index (χ0) is 13.0. The van der Waals surface area contributed by atoms with E-state index in [0.29, 0.717) is 37.9 Å². The van der Waals surface area contributed by atoms with E-state index in [1.807, 2.05) is 4.90 Å². The van der Waals surface area contributed by atoms with Crippen LogP contribution in [-0.2, 0) is 0 Å². The van der Waals surface area contributed by atoms with Crippen LogP contribution in [0.2, 0.25) is 0 Å². The van der Waals surface area contributed by atoms with Crippen molar-refractivity contribution in [3.63, 3.8) is 0 Å². The van der Waals surface area contributed by atoms with Crippen LogP contribution in [0.3, 0.4) is 0 Å². The first-order valence-electron chi connectivity index (χ1n) is 5.55. The van der Waals surface area contributed by atoms with Gasteiger partial charge in [0.15, 0.2) is 5.82 Å². The maximum absolute atomic E-state index is 11.0. The molecule has 1 aliphatic rings. The summed E-state index contributed by atoms with van der Waals surface area (Å²) in [6.45, 7) is 5.81. The van der Waals surface area contributed by atoms with Gasteiger partial charge in [-0.05, 0) is 0 Å². The van der Waals surface area contributed by atoms with Crippen LogP contribution in [0.1, 0.15) is 0 Å². The number of rotatable bonds is 3. The Labute approximate surface area is 104 Å². The summed E-state index contributed by atoms with van der Waals surface area (Å²) < 4.78 is 0. The third-order valence-corrected chi connectivity index (χ3v) is 2.71. The van der Waals surface area contributed by atoms with Crippen LogP contribution in [0.5, 0.6) is 0 Å². The minimum absolute atomic E-state index is 0.387. The zero-order valence-corrected chi connectivity index (χ0v) is 9.91. The molecule has 0 aliphatic carbocycles. The topological polar surface area (TPSA) is 99.7 Å². The number of aromatic nitrogens is 2. The van der Waals surface area contributed by atoms with E-state index < -0.39 is 0 Å². The Kier molecular flexibility index (Phi) is 3.56. The molecule has 8 nitrogen and oxygen atoms in total. The fraction of sp³-hybridized carbons (Fsp3) is 0.400. The van der Waals surface area contributed by atoms with Gasteiger partial charge in [0.2, 0.25) is 5.95 Å². The van der Waals surface area contributed by atoms with Gasteiger partial charge in [0.1, 0.15) is 0 Å². The predicted molar refractivity (Wildman–Crippen MR) is 68.6 cm³/mol. The van der Waals surface area contributed by atoms with Gasteiger partial charge < -0.3 is 15.5 Å². The van der Waals surface area contributed by atoms with E-state index in [-0.39, 0.29) is 6.03 Å². The number of piperazine rings is 1. The number of carbonyl (C=O) groups is 1. The molecule has 18 heavy (non-hydrogen) atoms. The molecule has 1 aromatic rings. The molecule has 0 atom stereocenters. The highest BCUT2D eigenvalue weighted by atomic mass is 16.2. The largest absolute Gasteiger partial charge is 0.351 e. The third-order valence-electron chi connectivity index (χ3n) is 2.71. The summed E-state index contributed by atoms with van der Waals surface area (Å²) >= 11 is 0. The van der Waals surface area contributed by atoms with Crippen molar-refractivity contribution >= 4 is 24.5 Å². The molecule has 1 saturated heterocycles. The summed E-state index contributed by atoms with van der Waals surface area (Å²) in [4.78, 5) is 23.1. The smallest absolute Gasteiger partial charge is 0.314 e. The Morgan fingerprint density at radius 2 is 2.17 bits per heavy atom. The maximum Gasteiger partial charge on any atom is 0.314 e. The molecule has 8 heteroatoms. The Morgan fingerprint density at radius 3 is 2.78 bits per heavy atom. The average Bonchev–Trinajstić information content (AvgIpc) is 2.39. The van der Waals surface area contributed by atoms with Crippen molar-refractivity contribution in [1.29, 1.82) is 0 Å². The average molecular weight is 249 g/mol. The number of hydrogen-bond donors (Lipinski definition) is 2. The number of nitrogens with one attached hydrogen (secondary N) is 1. The summed E-state index contributed by atoms with van der Waals surface area (Å²) in [5.74, 6) is 1.19. The quantitative estimate of drug-likeness (QED) is 0.566.